The lowest BCUT2D eigenvalue weighted by atomic mass is 10.0. The van der Waals surface area contributed by atoms with Crippen LogP contribution in [0, 0.1) is 0 Å². The normalized spacial score (nSPS) is 23.0. The van der Waals surface area contributed by atoms with Gasteiger partial charge in [0.05, 0.1) is 12.2 Å². The minimum Gasteiger partial charge on any atom is -0.460 e. The maximum atomic E-state index is 11.6. The molecule has 0 aromatic carbocycles. The van der Waals surface area contributed by atoms with Gasteiger partial charge in [-0.05, 0) is 25.3 Å². The molecule has 7 heteroatoms. The van der Waals surface area contributed by atoms with Crippen molar-refractivity contribution in [3.63, 3.8) is 0 Å². The van der Waals surface area contributed by atoms with E-state index in [4.69, 9.17) is 14.2 Å². The van der Waals surface area contributed by atoms with E-state index in [1.807, 2.05) is 6.08 Å². The average molecular weight is 494 g/mol. The lowest BCUT2D eigenvalue weighted by Gasteiger charge is -2.31. The Hall–Kier alpha value is -0.880. The van der Waals surface area contributed by atoms with Crippen molar-refractivity contribution in [2.24, 2.45) is 0 Å². The van der Waals surface area contributed by atoms with E-state index in [2.05, 4.69) is 50.6 Å². The van der Waals surface area contributed by atoms with Gasteiger partial charge in [0.25, 0.3) is 0 Å². The van der Waals surface area contributed by atoms with Crippen molar-refractivity contribution in [3.05, 3.63) is 28.9 Å². The number of halogens is 2. The minimum absolute atomic E-state index is 0.00744. The average Bonchev–Trinajstić information content (AvgIpc) is 2.83. The molecule has 5 unspecified atom stereocenters. The van der Waals surface area contributed by atoms with Gasteiger partial charge in [-0.3, -0.25) is 9.59 Å². The van der Waals surface area contributed by atoms with Crippen LogP contribution in [0.5, 0.6) is 0 Å². The summed E-state index contributed by atoms with van der Waals surface area (Å²) in [5, 5.41) is 0. The maximum absolute atomic E-state index is 11.6. The molecule has 1 rings (SSSR count). The van der Waals surface area contributed by atoms with Gasteiger partial charge in [0.15, 0.2) is 0 Å². The monoisotopic (exact) mass is 492 g/mol. The Kier molecular flexibility index (Phi) is 11.1. The molecule has 0 saturated carbocycles. The molecule has 1 aliphatic rings. The summed E-state index contributed by atoms with van der Waals surface area (Å²) in [5.41, 5.74) is 2.85. The summed E-state index contributed by atoms with van der Waals surface area (Å²) in [5.74, 6) is -0.800. The summed E-state index contributed by atoms with van der Waals surface area (Å²) < 4.78 is 17.1. The second-order valence-electron chi connectivity index (χ2n) is 6.05. The second-order valence-corrected chi connectivity index (χ2v) is 7.69. The fraction of sp³-hybridized carbons (Fsp3) is 0.632. The van der Waals surface area contributed by atoms with Crippen LogP contribution in [0.2, 0.25) is 0 Å². The Morgan fingerprint density at radius 3 is 2.38 bits per heavy atom. The molecule has 0 spiro atoms. The number of alkyl halides is 1. The van der Waals surface area contributed by atoms with Gasteiger partial charge in [0.1, 0.15) is 12.2 Å². The van der Waals surface area contributed by atoms with Gasteiger partial charge in [-0.2, -0.15) is 0 Å². The van der Waals surface area contributed by atoms with Crippen molar-refractivity contribution in [3.8, 4) is 0 Å². The molecule has 0 N–H and O–H groups in total. The summed E-state index contributed by atoms with van der Waals surface area (Å²) in [6, 6.07) is 0. The highest BCUT2D eigenvalue weighted by Gasteiger charge is 2.32. The molecule has 26 heavy (non-hydrogen) atoms. The number of rotatable bonds is 8. The zero-order valence-corrected chi connectivity index (χ0v) is 18.5. The minimum atomic E-state index is -0.564. The summed E-state index contributed by atoms with van der Waals surface area (Å²) >= 11 is 6.79. The largest absolute Gasteiger partial charge is 0.460 e. The van der Waals surface area contributed by atoms with E-state index >= 15 is 0 Å². The predicted molar refractivity (Wildman–Crippen MR) is 107 cm³/mol. The maximum Gasteiger partial charge on any atom is 0.303 e. The van der Waals surface area contributed by atoms with E-state index in [0.717, 1.165) is 12.8 Å². The van der Waals surface area contributed by atoms with Crippen LogP contribution < -0.4 is 0 Å². The summed E-state index contributed by atoms with van der Waals surface area (Å²) in [6.45, 7) is 4.80. The van der Waals surface area contributed by atoms with E-state index in [9.17, 15) is 9.59 Å². The third-order valence-corrected chi connectivity index (χ3v) is 5.41. The van der Waals surface area contributed by atoms with Crippen LogP contribution >= 0.6 is 31.9 Å². The Morgan fingerprint density at radius 2 is 1.85 bits per heavy atom. The van der Waals surface area contributed by atoms with Gasteiger partial charge in [-0.15, -0.1) is 5.73 Å². The van der Waals surface area contributed by atoms with Crippen LogP contribution in [0.4, 0.5) is 0 Å². The molecule has 0 radical (unpaired) electrons. The molecule has 0 fully saturated rings. The van der Waals surface area contributed by atoms with Crippen molar-refractivity contribution < 1.29 is 23.8 Å². The van der Waals surface area contributed by atoms with Crippen LogP contribution in [0.15, 0.2) is 28.9 Å². The molecule has 0 amide bonds. The number of hydrogen-bond acceptors (Lipinski definition) is 5. The first-order chi connectivity index (χ1) is 12.4. The third-order valence-electron chi connectivity index (χ3n) is 3.91. The van der Waals surface area contributed by atoms with E-state index < -0.39 is 24.1 Å². The third kappa shape index (κ3) is 8.67. The van der Waals surface area contributed by atoms with E-state index in [0.29, 0.717) is 12.8 Å². The van der Waals surface area contributed by atoms with Gasteiger partial charge < -0.3 is 14.2 Å². The first-order valence-electron chi connectivity index (χ1n) is 8.67. The van der Waals surface area contributed by atoms with Crippen molar-refractivity contribution in [1.29, 1.82) is 0 Å². The van der Waals surface area contributed by atoms with Crippen LogP contribution in [0.25, 0.3) is 0 Å². The zero-order chi connectivity index (χ0) is 19.5. The van der Waals surface area contributed by atoms with Crippen LogP contribution in [0.1, 0.15) is 46.5 Å². The van der Waals surface area contributed by atoms with Crippen molar-refractivity contribution in [2.75, 3.05) is 0 Å². The zero-order valence-electron chi connectivity index (χ0n) is 15.3. The Bertz CT molecular complexity index is 554. The molecule has 0 aliphatic carbocycles. The number of carbonyl (C=O) groups is 2. The van der Waals surface area contributed by atoms with Gasteiger partial charge >= 0.3 is 11.9 Å². The van der Waals surface area contributed by atoms with E-state index in [1.165, 1.54) is 13.8 Å². The molecule has 5 nitrogen and oxygen atoms in total. The highest BCUT2D eigenvalue weighted by atomic mass is 79.9. The number of hydrogen-bond donors (Lipinski definition) is 0. The fourth-order valence-electron chi connectivity index (χ4n) is 2.76. The van der Waals surface area contributed by atoms with E-state index in [-0.39, 0.29) is 17.0 Å². The van der Waals surface area contributed by atoms with Crippen molar-refractivity contribution in [1.82, 2.24) is 0 Å². The molecule has 5 atom stereocenters. The first kappa shape index (κ1) is 23.2. The Balaban J connectivity index is 2.98. The van der Waals surface area contributed by atoms with Crippen molar-refractivity contribution >= 4 is 43.8 Å². The SMILES string of the molecule is CCC(Br)C1CC=CCC(C(CC(C=C=CBr)OC(C)=O)OC(C)=O)O1. The molecule has 0 saturated heterocycles. The summed E-state index contributed by atoms with van der Waals surface area (Å²) in [7, 11) is 0. The Labute approximate surface area is 172 Å². The van der Waals surface area contributed by atoms with Crippen LogP contribution in [-0.2, 0) is 23.8 Å². The summed E-state index contributed by atoms with van der Waals surface area (Å²) in [4.78, 5) is 24.8. The highest BCUT2D eigenvalue weighted by Crippen LogP contribution is 2.27. The predicted octanol–water partition coefficient (Wildman–Crippen LogP) is 4.58. The topological polar surface area (TPSA) is 61.8 Å². The molecule has 1 heterocycles. The van der Waals surface area contributed by atoms with Gasteiger partial charge in [0, 0.05) is 30.1 Å². The van der Waals surface area contributed by atoms with Gasteiger partial charge in [-0.25, -0.2) is 0 Å². The second kappa shape index (κ2) is 12.5. The molecule has 1 aliphatic heterocycles. The lowest BCUT2D eigenvalue weighted by Crippen LogP contribution is -2.39. The number of esters is 2. The van der Waals surface area contributed by atoms with Crippen LogP contribution in [0.3, 0.4) is 0 Å². The van der Waals surface area contributed by atoms with Crippen molar-refractivity contribution in [2.45, 2.75) is 75.7 Å². The van der Waals surface area contributed by atoms with Gasteiger partial charge in [-0.1, -0.05) is 50.9 Å². The molecule has 0 bridgehead atoms. The molecule has 0 aromatic rings. The Morgan fingerprint density at radius 1 is 1.23 bits per heavy atom. The first-order valence-corrected chi connectivity index (χ1v) is 10.5. The summed E-state index contributed by atoms with van der Waals surface area (Å²) in [6.07, 6.45) is 7.00. The molecular formula is C19H26Br2O5. The molecule has 0 aromatic heterocycles. The fourth-order valence-corrected chi connectivity index (χ4v) is 3.25. The lowest BCUT2D eigenvalue weighted by molar-refractivity contribution is -0.163. The van der Waals surface area contributed by atoms with Gasteiger partial charge in [0.2, 0.25) is 0 Å². The molecule has 146 valence electrons. The van der Waals surface area contributed by atoms with E-state index in [1.54, 1.807) is 11.1 Å². The highest BCUT2D eigenvalue weighted by molar-refractivity contribution is 9.11. The molecular weight excluding hydrogens is 468 g/mol. The quantitative estimate of drug-likeness (QED) is 0.214. The standard InChI is InChI=1S/C19H26Br2O5/c1-4-16(21)17-9-5-6-10-18(26-17)19(25-14(3)23)12-15(8-7-11-20)24-13(2)22/h5-6,8,11,15-19H,4,9-10,12H2,1-3H3. The van der Waals surface area contributed by atoms with Crippen LogP contribution in [-0.4, -0.2) is 41.2 Å². The number of ether oxygens (including phenoxy) is 3. The number of carbonyl (C=O) groups excluding carboxylic acids is 2. The smallest absolute Gasteiger partial charge is 0.303 e.